The number of thioether (sulfide) groups is 1. The van der Waals surface area contributed by atoms with Crippen LogP contribution in [0.4, 0.5) is 0 Å². The van der Waals surface area contributed by atoms with Gasteiger partial charge in [-0.1, -0.05) is 30.0 Å². The number of hydrogen-bond acceptors (Lipinski definition) is 7. The molecule has 7 nitrogen and oxygen atoms in total. The van der Waals surface area contributed by atoms with Crippen LogP contribution in [0.25, 0.3) is 11.5 Å². The average Bonchev–Trinajstić information content (AvgIpc) is 3.26. The molecule has 0 amide bonds. The third-order valence-electron chi connectivity index (χ3n) is 3.42. The van der Waals surface area contributed by atoms with E-state index in [-0.39, 0.29) is 5.25 Å². The van der Waals surface area contributed by atoms with Crippen LogP contribution in [0, 0.1) is 0 Å². The fourth-order valence-corrected chi connectivity index (χ4v) is 3.05. The molecule has 0 aliphatic heterocycles. The van der Waals surface area contributed by atoms with Gasteiger partial charge in [0, 0.05) is 25.8 Å². The van der Waals surface area contributed by atoms with E-state index in [1.807, 2.05) is 41.8 Å². The molecule has 0 saturated carbocycles. The Balaban J connectivity index is 1.67. The Hall–Kier alpha value is -2.19. The molecular weight excluding hydrogens is 326 g/mol. The lowest BCUT2D eigenvalue weighted by atomic mass is 10.2. The first-order chi connectivity index (χ1) is 11.8. The van der Waals surface area contributed by atoms with Crippen LogP contribution < -0.4 is 0 Å². The van der Waals surface area contributed by atoms with Gasteiger partial charge in [-0.25, -0.2) is 0 Å². The minimum atomic E-state index is -0.0136. The minimum Gasteiger partial charge on any atom is -0.419 e. The zero-order valence-corrected chi connectivity index (χ0v) is 14.4. The van der Waals surface area contributed by atoms with Gasteiger partial charge in [0.05, 0.1) is 5.25 Å². The van der Waals surface area contributed by atoms with E-state index in [9.17, 15) is 0 Å². The van der Waals surface area contributed by atoms with Gasteiger partial charge in [-0.05, 0) is 25.5 Å². The Labute approximate surface area is 144 Å². The summed E-state index contributed by atoms with van der Waals surface area (Å²) in [6.07, 6.45) is 2.64. The van der Waals surface area contributed by atoms with Crippen LogP contribution in [0.2, 0.25) is 0 Å². The molecule has 1 unspecified atom stereocenters. The van der Waals surface area contributed by atoms with Crippen LogP contribution in [0.5, 0.6) is 0 Å². The molecule has 2 heterocycles. The molecule has 0 bridgehead atoms. The lowest BCUT2D eigenvalue weighted by Crippen LogP contribution is -2.03. The first-order valence-corrected chi connectivity index (χ1v) is 8.58. The van der Waals surface area contributed by atoms with Gasteiger partial charge in [0.25, 0.3) is 0 Å². The molecule has 0 N–H and O–H groups in total. The second-order valence-electron chi connectivity index (χ2n) is 5.22. The van der Waals surface area contributed by atoms with Crippen molar-refractivity contribution in [2.24, 2.45) is 0 Å². The summed E-state index contributed by atoms with van der Waals surface area (Å²) in [5.41, 5.74) is 0.913. The normalized spacial score (nSPS) is 12.4. The summed E-state index contributed by atoms with van der Waals surface area (Å²) in [5, 5.41) is 17.3. The molecule has 3 aromatic rings. The first kappa shape index (κ1) is 16.7. The molecule has 0 saturated heterocycles. The van der Waals surface area contributed by atoms with E-state index >= 15 is 0 Å². The summed E-state index contributed by atoms with van der Waals surface area (Å²) in [5.74, 6) is 1.10. The molecular formula is C16H19N5O2S. The van der Waals surface area contributed by atoms with E-state index < -0.39 is 0 Å². The summed E-state index contributed by atoms with van der Waals surface area (Å²) in [6.45, 7) is 3.54. The van der Waals surface area contributed by atoms with Crippen LogP contribution in [-0.4, -0.2) is 38.7 Å². The lowest BCUT2D eigenvalue weighted by Gasteiger charge is -2.08. The topological polar surface area (TPSA) is 78.9 Å². The average molecular weight is 345 g/mol. The van der Waals surface area contributed by atoms with Crippen molar-refractivity contribution in [3.05, 3.63) is 42.5 Å². The lowest BCUT2D eigenvalue weighted by molar-refractivity contribution is 0.189. The Morgan fingerprint density at radius 2 is 2.04 bits per heavy atom. The molecule has 3 rings (SSSR count). The molecule has 1 aromatic carbocycles. The number of rotatable bonds is 8. The van der Waals surface area contributed by atoms with Crippen LogP contribution in [0.1, 0.15) is 24.5 Å². The predicted octanol–water partition coefficient (Wildman–Crippen LogP) is 3.22. The predicted molar refractivity (Wildman–Crippen MR) is 90.5 cm³/mol. The molecule has 126 valence electrons. The Morgan fingerprint density at radius 3 is 2.83 bits per heavy atom. The summed E-state index contributed by atoms with van der Waals surface area (Å²) in [4.78, 5) is 0. The van der Waals surface area contributed by atoms with E-state index in [1.165, 1.54) is 0 Å². The Bertz CT molecular complexity index is 759. The van der Waals surface area contributed by atoms with Crippen LogP contribution in [0.3, 0.4) is 0 Å². The highest BCUT2D eigenvalue weighted by molar-refractivity contribution is 7.99. The van der Waals surface area contributed by atoms with Gasteiger partial charge < -0.3 is 13.7 Å². The highest BCUT2D eigenvalue weighted by atomic mass is 32.2. The van der Waals surface area contributed by atoms with Crippen LogP contribution in [0.15, 0.2) is 46.2 Å². The van der Waals surface area contributed by atoms with Gasteiger partial charge in [0.15, 0.2) is 5.16 Å². The Morgan fingerprint density at radius 1 is 1.21 bits per heavy atom. The quantitative estimate of drug-likeness (QED) is 0.458. The van der Waals surface area contributed by atoms with Gasteiger partial charge in [-0.3, -0.25) is 0 Å². The van der Waals surface area contributed by atoms with Gasteiger partial charge in [-0.2, -0.15) is 0 Å². The molecule has 24 heavy (non-hydrogen) atoms. The smallest absolute Gasteiger partial charge is 0.247 e. The number of nitrogens with zero attached hydrogens (tertiary/aromatic N) is 5. The van der Waals surface area contributed by atoms with Crippen LogP contribution in [-0.2, 0) is 11.3 Å². The van der Waals surface area contributed by atoms with Crippen molar-refractivity contribution in [2.45, 2.75) is 30.3 Å². The van der Waals surface area contributed by atoms with E-state index in [4.69, 9.17) is 9.15 Å². The van der Waals surface area contributed by atoms with Crippen molar-refractivity contribution in [2.75, 3.05) is 13.7 Å². The molecule has 0 aliphatic rings. The van der Waals surface area contributed by atoms with Crippen molar-refractivity contribution in [1.29, 1.82) is 0 Å². The van der Waals surface area contributed by atoms with Gasteiger partial charge in [-0.15, -0.1) is 20.4 Å². The number of aromatic nitrogens is 5. The maximum absolute atomic E-state index is 5.80. The molecule has 1 atom stereocenters. The number of methoxy groups -OCH3 is 1. The number of hydrogen-bond donors (Lipinski definition) is 0. The summed E-state index contributed by atoms with van der Waals surface area (Å²) < 4.78 is 12.9. The van der Waals surface area contributed by atoms with E-state index in [0.717, 1.165) is 23.7 Å². The molecule has 0 aliphatic carbocycles. The van der Waals surface area contributed by atoms with Crippen molar-refractivity contribution in [3.63, 3.8) is 0 Å². The number of benzene rings is 1. The van der Waals surface area contributed by atoms with Crippen molar-refractivity contribution >= 4 is 11.8 Å². The highest BCUT2D eigenvalue weighted by Crippen LogP contribution is 2.33. The standard InChI is InChI=1S/C16H19N5O2S/c1-12(24-16-20-17-11-21(16)9-6-10-22-2)14-18-19-15(23-14)13-7-4-3-5-8-13/h3-5,7-8,11-12H,6,9-10H2,1-2H3. The zero-order chi connectivity index (χ0) is 16.8. The van der Waals surface area contributed by atoms with E-state index in [2.05, 4.69) is 20.4 Å². The van der Waals surface area contributed by atoms with Crippen molar-refractivity contribution < 1.29 is 9.15 Å². The number of aryl methyl sites for hydroxylation is 1. The second-order valence-corrected chi connectivity index (χ2v) is 6.53. The SMILES string of the molecule is COCCCn1cnnc1SC(C)c1nnc(-c2ccccc2)o1. The summed E-state index contributed by atoms with van der Waals surface area (Å²) in [6, 6.07) is 9.73. The first-order valence-electron chi connectivity index (χ1n) is 7.70. The summed E-state index contributed by atoms with van der Waals surface area (Å²) in [7, 11) is 1.70. The minimum absolute atomic E-state index is 0.0136. The fourth-order valence-electron chi connectivity index (χ4n) is 2.17. The van der Waals surface area contributed by atoms with Gasteiger partial charge in [0.1, 0.15) is 6.33 Å². The molecule has 2 aromatic heterocycles. The third-order valence-corrected chi connectivity index (χ3v) is 4.50. The monoisotopic (exact) mass is 345 g/mol. The second kappa shape index (κ2) is 8.07. The zero-order valence-electron chi connectivity index (χ0n) is 13.6. The van der Waals surface area contributed by atoms with E-state index in [0.29, 0.717) is 18.4 Å². The Kier molecular flexibility index (Phi) is 5.60. The molecule has 0 fully saturated rings. The third kappa shape index (κ3) is 4.01. The van der Waals surface area contributed by atoms with Gasteiger partial charge in [0.2, 0.25) is 11.8 Å². The van der Waals surface area contributed by atoms with E-state index in [1.54, 1.807) is 25.2 Å². The highest BCUT2D eigenvalue weighted by Gasteiger charge is 2.19. The van der Waals surface area contributed by atoms with Crippen molar-refractivity contribution in [1.82, 2.24) is 25.0 Å². The van der Waals surface area contributed by atoms with Crippen LogP contribution >= 0.6 is 11.8 Å². The van der Waals surface area contributed by atoms with Crippen molar-refractivity contribution in [3.8, 4) is 11.5 Å². The largest absolute Gasteiger partial charge is 0.419 e. The maximum atomic E-state index is 5.80. The fraction of sp³-hybridized carbons (Fsp3) is 0.375. The summed E-state index contributed by atoms with van der Waals surface area (Å²) >= 11 is 1.55. The maximum Gasteiger partial charge on any atom is 0.247 e. The molecule has 0 spiro atoms. The molecule has 8 heteroatoms. The molecule has 0 radical (unpaired) electrons. The number of ether oxygens (including phenoxy) is 1. The van der Waals surface area contributed by atoms with Gasteiger partial charge >= 0.3 is 0 Å².